The van der Waals surface area contributed by atoms with Crippen LogP contribution in [0.2, 0.25) is 0 Å². The number of hydrogen-bond donors (Lipinski definition) is 1. The molecule has 0 spiro atoms. The molecule has 1 aliphatic carbocycles. The molecule has 1 aromatic carbocycles. The summed E-state index contributed by atoms with van der Waals surface area (Å²) in [6.07, 6.45) is 2.66. The molecule has 1 N–H and O–H groups in total. The van der Waals surface area contributed by atoms with Gasteiger partial charge in [-0.25, -0.2) is 4.98 Å². The van der Waals surface area contributed by atoms with Crippen molar-refractivity contribution in [1.82, 2.24) is 9.97 Å². The summed E-state index contributed by atoms with van der Waals surface area (Å²) in [6, 6.07) is 8.73. The molecular weight excluding hydrogens is 328 g/mol. The number of anilines is 2. The number of aromatic nitrogens is 2. The lowest BCUT2D eigenvalue weighted by Gasteiger charge is -2.54. The Labute approximate surface area is 152 Å². The minimum absolute atomic E-state index is 0.310. The molecule has 2 bridgehead atoms. The maximum atomic E-state index is 11.1. The van der Waals surface area contributed by atoms with Crippen molar-refractivity contribution >= 4 is 28.6 Å². The molecule has 0 radical (unpaired) electrons. The second kappa shape index (κ2) is 5.83. The van der Waals surface area contributed by atoms with Gasteiger partial charge < -0.3 is 14.9 Å². The molecule has 6 rings (SSSR count). The summed E-state index contributed by atoms with van der Waals surface area (Å²) in [4.78, 5) is 25.5. The molecule has 2 aromatic rings. The van der Waals surface area contributed by atoms with Gasteiger partial charge in [-0.1, -0.05) is 12.1 Å². The van der Waals surface area contributed by atoms with Crippen molar-refractivity contribution in [3.63, 3.8) is 0 Å². The van der Waals surface area contributed by atoms with Gasteiger partial charge in [0.1, 0.15) is 5.82 Å². The zero-order valence-corrected chi connectivity index (χ0v) is 15.0. The lowest BCUT2D eigenvalue weighted by molar-refractivity contribution is -0.141. The number of carboxylic acid groups (broad SMARTS) is 1. The van der Waals surface area contributed by atoms with Crippen LogP contribution in [0.5, 0.6) is 0 Å². The van der Waals surface area contributed by atoms with E-state index in [4.69, 9.17) is 15.1 Å². The molecule has 1 saturated carbocycles. The fourth-order valence-electron chi connectivity index (χ4n) is 4.93. The Kier molecular flexibility index (Phi) is 3.55. The highest BCUT2D eigenvalue weighted by Gasteiger charge is 2.47. The average Bonchev–Trinajstić information content (AvgIpc) is 2.64. The normalized spacial score (nSPS) is 30.0. The largest absolute Gasteiger partial charge is 0.481 e. The molecule has 1 aromatic heterocycles. The second-order valence-corrected chi connectivity index (χ2v) is 8.12. The summed E-state index contributed by atoms with van der Waals surface area (Å²) in [5.74, 6) is 2.48. The summed E-state index contributed by atoms with van der Waals surface area (Å²) >= 11 is 0. The Bertz CT molecular complexity index is 858. The zero-order chi connectivity index (χ0) is 17.8. The first-order valence-corrected chi connectivity index (χ1v) is 9.60. The van der Waals surface area contributed by atoms with Gasteiger partial charge in [0.15, 0.2) is 0 Å². The number of benzene rings is 1. The zero-order valence-electron chi connectivity index (χ0n) is 15.0. The standard InChI is InChI=1S/C20H24N4O2/c1-12-6-7-24(12)20-21-17-5-3-2-4-15(17)19(22-20)23-10-13-8-14(11-23)16(13)9-18(25)26/h2-5,12-14,16H,6-11H2,1H3,(H,25,26)/t12-,13?,14?,16?/m0/s1. The Morgan fingerprint density at radius 3 is 2.65 bits per heavy atom. The predicted molar refractivity (Wildman–Crippen MR) is 101 cm³/mol. The van der Waals surface area contributed by atoms with Gasteiger partial charge in [0.2, 0.25) is 5.95 Å². The maximum Gasteiger partial charge on any atom is 0.303 e. The predicted octanol–water partition coefficient (Wildman–Crippen LogP) is 2.78. The smallest absolute Gasteiger partial charge is 0.303 e. The van der Waals surface area contributed by atoms with Gasteiger partial charge in [-0.05, 0) is 49.7 Å². The van der Waals surface area contributed by atoms with E-state index in [9.17, 15) is 4.79 Å². The van der Waals surface area contributed by atoms with Crippen LogP contribution >= 0.6 is 0 Å². The van der Waals surface area contributed by atoms with E-state index in [1.54, 1.807) is 0 Å². The summed E-state index contributed by atoms with van der Waals surface area (Å²) in [5.41, 5.74) is 0.993. The quantitative estimate of drug-likeness (QED) is 0.912. The van der Waals surface area contributed by atoms with E-state index in [1.807, 2.05) is 12.1 Å². The second-order valence-electron chi connectivity index (χ2n) is 8.12. The van der Waals surface area contributed by atoms with Gasteiger partial charge in [-0.3, -0.25) is 4.79 Å². The lowest BCUT2D eigenvalue weighted by Crippen LogP contribution is -2.56. The molecule has 0 amide bonds. The average molecular weight is 352 g/mol. The van der Waals surface area contributed by atoms with Gasteiger partial charge in [-0.2, -0.15) is 4.98 Å². The number of carbonyl (C=O) groups is 1. The number of nitrogens with zero attached hydrogens (tertiary/aromatic N) is 4. The third kappa shape index (κ3) is 2.42. The molecule has 2 unspecified atom stereocenters. The first-order chi connectivity index (χ1) is 12.6. The van der Waals surface area contributed by atoms with Crippen molar-refractivity contribution in [2.24, 2.45) is 17.8 Å². The van der Waals surface area contributed by atoms with Gasteiger partial charge >= 0.3 is 5.97 Å². The molecule has 6 nitrogen and oxygen atoms in total. The highest BCUT2D eigenvalue weighted by molar-refractivity contribution is 5.90. The number of rotatable bonds is 4. The number of para-hydroxylation sites is 1. The number of carboxylic acids is 1. The highest BCUT2D eigenvalue weighted by atomic mass is 16.4. The van der Waals surface area contributed by atoms with E-state index in [-0.39, 0.29) is 0 Å². The molecule has 136 valence electrons. The fourth-order valence-corrected chi connectivity index (χ4v) is 4.93. The number of hydrogen-bond acceptors (Lipinski definition) is 5. The van der Waals surface area contributed by atoms with E-state index in [1.165, 1.54) is 6.42 Å². The SMILES string of the molecule is C[C@H]1CCN1c1nc(N2CC3CC(C2)C3CC(=O)O)c2ccccc2n1. The monoisotopic (exact) mass is 352 g/mol. The van der Waals surface area contributed by atoms with Gasteiger partial charge in [0, 0.05) is 37.5 Å². The van der Waals surface area contributed by atoms with Crippen LogP contribution in [0.15, 0.2) is 24.3 Å². The minimum atomic E-state index is -0.667. The first-order valence-electron chi connectivity index (χ1n) is 9.60. The van der Waals surface area contributed by atoms with Crippen LogP contribution in [-0.4, -0.2) is 46.7 Å². The highest BCUT2D eigenvalue weighted by Crippen LogP contribution is 2.48. The van der Waals surface area contributed by atoms with Gasteiger partial charge in [-0.15, -0.1) is 0 Å². The van der Waals surface area contributed by atoms with Crippen molar-refractivity contribution in [3.05, 3.63) is 24.3 Å². The molecule has 3 saturated heterocycles. The Morgan fingerprint density at radius 1 is 1.23 bits per heavy atom. The Morgan fingerprint density at radius 2 is 2.00 bits per heavy atom. The molecule has 26 heavy (non-hydrogen) atoms. The fraction of sp³-hybridized carbons (Fsp3) is 0.550. The minimum Gasteiger partial charge on any atom is -0.481 e. The van der Waals surface area contributed by atoms with Crippen LogP contribution in [0.1, 0.15) is 26.2 Å². The van der Waals surface area contributed by atoms with Crippen LogP contribution in [0.4, 0.5) is 11.8 Å². The van der Waals surface area contributed by atoms with E-state index >= 15 is 0 Å². The van der Waals surface area contributed by atoms with Crippen LogP contribution < -0.4 is 9.80 Å². The molecule has 6 heteroatoms. The number of fused-ring (bicyclic) bond motifs is 3. The summed E-state index contributed by atoms with van der Waals surface area (Å²) in [5, 5.41) is 10.2. The number of aliphatic carboxylic acids is 1. The number of piperidine rings is 2. The lowest BCUT2D eigenvalue weighted by atomic mass is 9.60. The van der Waals surface area contributed by atoms with E-state index in [0.29, 0.717) is 30.2 Å². The molecule has 4 aliphatic rings. The summed E-state index contributed by atoms with van der Waals surface area (Å²) < 4.78 is 0. The van der Waals surface area contributed by atoms with Crippen molar-refractivity contribution in [1.29, 1.82) is 0 Å². The van der Waals surface area contributed by atoms with Gasteiger partial charge in [0.25, 0.3) is 0 Å². The summed E-state index contributed by atoms with van der Waals surface area (Å²) in [6.45, 7) is 5.05. The molecule has 4 fully saturated rings. The Balaban J connectivity index is 1.48. The molecule has 3 atom stereocenters. The van der Waals surface area contributed by atoms with Crippen molar-refractivity contribution in [2.45, 2.75) is 32.2 Å². The van der Waals surface area contributed by atoms with E-state index < -0.39 is 5.97 Å². The molecule has 3 aliphatic heterocycles. The third-order valence-electron chi connectivity index (χ3n) is 6.58. The topological polar surface area (TPSA) is 69.6 Å². The van der Waals surface area contributed by atoms with E-state index in [0.717, 1.165) is 48.7 Å². The van der Waals surface area contributed by atoms with Crippen molar-refractivity contribution in [2.75, 3.05) is 29.4 Å². The first kappa shape index (κ1) is 15.9. The maximum absolute atomic E-state index is 11.1. The van der Waals surface area contributed by atoms with Gasteiger partial charge in [0.05, 0.1) is 5.52 Å². The van der Waals surface area contributed by atoms with Crippen molar-refractivity contribution in [3.8, 4) is 0 Å². The van der Waals surface area contributed by atoms with E-state index in [2.05, 4.69) is 28.9 Å². The van der Waals surface area contributed by atoms with Crippen molar-refractivity contribution < 1.29 is 9.90 Å². The van der Waals surface area contributed by atoms with Crippen LogP contribution in [0.25, 0.3) is 10.9 Å². The third-order valence-corrected chi connectivity index (χ3v) is 6.58. The Hall–Kier alpha value is -2.37. The summed E-state index contributed by atoms with van der Waals surface area (Å²) in [7, 11) is 0. The molecular formula is C20H24N4O2. The molecule has 4 heterocycles. The van der Waals surface area contributed by atoms with Crippen LogP contribution in [0, 0.1) is 17.8 Å². The van der Waals surface area contributed by atoms with Crippen LogP contribution in [-0.2, 0) is 4.79 Å². The van der Waals surface area contributed by atoms with Crippen LogP contribution in [0.3, 0.4) is 0 Å².